The molecular formula is C13H11F2N3O3. The Bertz CT molecular complexity index is 713. The van der Waals surface area contributed by atoms with Gasteiger partial charge in [-0.3, -0.25) is 9.89 Å². The van der Waals surface area contributed by atoms with Crippen molar-refractivity contribution >= 4 is 17.7 Å². The number of aromatic amines is 1. The number of H-pyrrole nitrogens is 1. The van der Waals surface area contributed by atoms with Gasteiger partial charge in [0.2, 0.25) is 0 Å². The minimum absolute atomic E-state index is 0.281. The zero-order valence-corrected chi connectivity index (χ0v) is 10.9. The molecule has 1 amide bonds. The molecule has 0 spiro atoms. The quantitative estimate of drug-likeness (QED) is 0.805. The summed E-state index contributed by atoms with van der Waals surface area (Å²) in [5, 5.41) is 17.6. The number of carbonyl (C=O) groups is 2. The van der Waals surface area contributed by atoms with E-state index in [0.717, 1.165) is 0 Å². The lowest BCUT2D eigenvalue weighted by molar-refractivity contribution is 0.0691. The lowest BCUT2D eigenvalue weighted by Crippen LogP contribution is -2.18. The van der Waals surface area contributed by atoms with E-state index in [-0.39, 0.29) is 5.82 Å². The van der Waals surface area contributed by atoms with Crippen molar-refractivity contribution in [3.05, 3.63) is 46.7 Å². The Morgan fingerprint density at radius 2 is 1.90 bits per heavy atom. The summed E-state index contributed by atoms with van der Waals surface area (Å²) >= 11 is 0. The van der Waals surface area contributed by atoms with Crippen LogP contribution in [0.4, 0.5) is 14.6 Å². The van der Waals surface area contributed by atoms with Crippen LogP contribution in [0.1, 0.15) is 33.2 Å². The van der Waals surface area contributed by atoms with E-state index in [1.54, 1.807) is 0 Å². The summed E-state index contributed by atoms with van der Waals surface area (Å²) in [7, 11) is 0. The number of hydrogen-bond acceptors (Lipinski definition) is 3. The lowest BCUT2D eigenvalue weighted by atomic mass is 10.1. The first-order valence-corrected chi connectivity index (χ1v) is 6.00. The molecule has 8 heteroatoms. The second-order valence-electron chi connectivity index (χ2n) is 4.19. The van der Waals surface area contributed by atoms with Gasteiger partial charge >= 0.3 is 5.97 Å². The Balaban J connectivity index is 2.39. The van der Waals surface area contributed by atoms with E-state index in [0.29, 0.717) is 24.1 Å². The summed E-state index contributed by atoms with van der Waals surface area (Å²) in [6, 6.07) is 1.02. The third kappa shape index (κ3) is 2.88. The molecule has 0 atom stereocenters. The maximum absolute atomic E-state index is 13.2. The maximum Gasteiger partial charge on any atom is 0.336 e. The molecule has 1 heterocycles. The molecule has 0 radical (unpaired) electrons. The lowest BCUT2D eigenvalue weighted by Gasteiger charge is -2.08. The number of carboxylic acids is 1. The zero-order valence-electron chi connectivity index (χ0n) is 10.9. The highest BCUT2D eigenvalue weighted by Gasteiger charge is 2.21. The number of anilines is 1. The maximum atomic E-state index is 13.2. The molecule has 2 rings (SSSR count). The number of halogens is 2. The third-order valence-corrected chi connectivity index (χ3v) is 2.87. The molecule has 1 aromatic heterocycles. The van der Waals surface area contributed by atoms with Crippen LogP contribution in [0.2, 0.25) is 0 Å². The van der Waals surface area contributed by atoms with Crippen molar-refractivity contribution in [1.82, 2.24) is 10.2 Å². The van der Waals surface area contributed by atoms with Gasteiger partial charge < -0.3 is 10.4 Å². The van der Waals surface area contributed by atoms with Crippen molar-refractivity contribution < 1.29 is 23.5 Å². The molecular weight excluding hydrogens is 284 g/mol. The fourth-order valence-corrected chi connectivity index (χ4v) is 1.78. The number of aryl methyl sites for hydroxylation is 1. The first-order chi connectivity index (χ1) is 9.93. The number of carboxylic acid groups (broad SMARTS) is 1. The molecule has 0 aliphatic heterocycles. The third-order valence-electron chi connectivity index (χ3n) is 2.87. The van der Waals surface area contributed by atoms with Crippen molar-refractivity contribution in [3.8, 4) is 0 Å². The molecule has 0 bridgehead atoms. The highest BCUT2D eigenvalue weighted by molar-refractivity contribution is 6.10. The number of nitrogens with one attached hydrogen (secondary N) is 2. The van der Waals surface area contributed by atoms with Gasteiger partial charge in [-0.05, 0) is 18.6 Å². The van der Waals surface area contributed by atoms with Crippen molar-refractivity contribution in [2.75, 3.05) is 5.32 Å². The van der Waals surface area contributed by atoms with E-state index in [2.05, 4.69) is 15.5 Å². The summed E-state index contributed by atoms with van der Waals surface area (Å²) in [6.45, 7) is 1.83. The molecule has 2 aromatic rings. The summed E-state index contributed by atoms with van der Waals surface area (Å²) in [4.78, 5) is 23.1. The molecule has 21 heavy (non-hydrogen) atoms. The van der Waals surface area contributed by atoms with Gasteiger partial charge in [-0.15, -0.1) is 0 Å². The van der Waals surface area contributed by atoms with Crippen LogP contribution in [0.3, 0.4) is 0 Å². The van der Waals surface area contributed by atoms with Gasteiger partial charge in [0.25, 0.3) is 5.91 Å². The topological polar surface area (TPSA) is 95.1 Å². The van der Waals surface area contributed by atoms with Gasteiger partial charge in [-0.1, -0.05) is 6.92 Å². The minimum atomic E-state index is -1.53. The first kappa shape index (κ1) is 14.6. The Morgan fingerprint density at radius 1 is 1.29 bits per heavy atom. The number of carbonyl (C=O) groups excluding carboxylic acids is 1. The van der Waals surface area contributed by atoms with Crippen LogP contribution >= 0.6 is 0 Å². The summed E-state index contributed by atoms with van der Waals surface area (Å²) in [5.41, 5.74) is -0.398. The molecule has 0 aliphatic carbocycles. The van der Waals surface area contributed by atoms with Crippen molar-refractivity contribution in [1.29, 1.82) is 0 Å². The van der Waals surface area contributed by atoms with Crippen LogP contribution in [0.5, 0.6) is 0 Å². The molecule has 3 N–H and O–H groups in total. The van der Waals surface area contributed by atoms with Crippen LogP contribution < -0.4 is 5.32 Å². The van der Waals surface area contributed by atoms with Crippen LogP contribution in [-0.4, -0.2) is 27.2 Å². The Labute approximate surface area is 117 Å². The van der Waals surface area contributed by atoms with Gasteiger partial charge in [0.05, 0.1) is 17.3 Å². The molecule has 1 aromatic carbocycles. The summed E-state index contributed by atoms with van der Waals surface area (Å²) in [6.07, 6.45) is 2.08. The van der Waals surface area contributed by atoms with Crippen molar-refractivity contribution in [2.24, 2.45) is 0 Å². The molecule has 6 nitrogen and oxygen atoms in total. The Hall–Kier alpha value is -2.77. The fourth-order valence-electron chi connectivity index (χ4n) is 1.78. The Morgan fingerprint density at radius 3 is 2.48 bits per heavy atom. The van der Waals surface area contributed by atoms with Crippen LogP contribution in [0, 0.1) is 11.6 Å². The number of rotatable bonds is 4. The highest BCUT2D eigenvalue weighted by atomic mass is 19.2. The number of hydrogen-bond donors (Lipinski definition) is 3. The summed E-state index contributed by atoms with van der Waals surface area (Å²) in [5.74, 6) is -4.75. The number of aromatic carboxylic acids is 1. The molecule has 0 saturated heterocycles. The second-order valence-corrected chi connectivity index (χ2v) is 4.19. The van der Waals surface area contributed by atoms with Gasteiger partial charge in [0, 0.05) is 5.56 Å². The van der Waals surface area contributed by atoms with Crippen LogP contribution in [0.25, 0.3) is 0 Å². The predicted molar refractivity (Wildman–Crippen MR) is 69.2 cm³/mol. The average Bonchev–Trinajstić information content (AvgIpc) is 2.88. The number of amides is 1. The second kappa shape index (κ2) is 5.70. The van der Waals surface area contributed by atoms with Gasteiger partial charge in [0.1, 0.15) is 5.82 Å². The van der Waals surface area contributed by atoms with E-state index in [9.17, 15) is 18.4 Å². The molecule has 0 saturated carbocycles. The highest BCUT2D eigenvalue weighted by Crippen LogP contribution is 2.18. The number of benzene rings is 1. The summed E-state index contributed by atoms with van der Waals surface area (Å²) < 4.78 is 26.3. The fraction of sp³-hybridized carbons (Fsp3) is 0.154. The normalized spacial score (nSPS) is 10.4. The van der Waals surface area contributed by atoms with E-state index >= 15 is 0 Å². The van der Waals surface area contributed by atoms with Gasteiger partial charge in [-0.25, -0.2) is 13.6 Å². The molecule has 0 unspecified atom stereocenters. The van der Waals surface area contributed by atoms with Crippen molar-refractivity contribution in [3.63, 3.8) is 0 Å². The number of nitrogens with zero attached hydrogens (tertiary/aromatic N) is 1. The van der Waals surface area contributed by atoms with Crippen LogP contribution in [0.15, 0.2) is 18.3 Å². The number of aromatic nitrogens is 2. The van der Waals surface area contributed by atoms with E-state index < -0.39 is 34.6 Å². The Kier molecular flexibility index (Phi) is 3.97. The SMILES string of the molecule is CCc1cn[nH]c1NC(=O)c1cc(F)c(F)cc1C(=O)O. The largest absolute Gasteiger partial charge is 0.478 e. The molecule has 110 valence electrons. The van der Waals surface area contributed by atoms with E-state index in [4.69, 9.17) is 5.11 Å². The molecule has 0 aliphatic rings. The monoisotopic (exact) mass is 295 g/mol. The average molecular weight is 295 g/mol. The van der Waals surface area contributed by atoms with Gasteiger partial charge in [-0.2, -0.15) is 5.10 Å². The predicted octanol–water partition coefficient (Wildman–Crippen LogP) is 2.20. The molecule has 0 fully saturated rings. The van der Waals surface area contributed by atoms with Crippen LogP contribution in [-0.2, 0) is 6.42 Å². The first-order valence-electron chi connectivity index (χ1n) is 6.00. The smallest absolute Gasteiger partial charge is 0.336 e. The van der Waals surface area contributed by atoms with E-state index in [1.165, 1.54) is 6.20 Å². The zero-order chi connectivity index (χ0) is 15.6. The van der Waals surface area contributed by atoms with Gasteiger partial charge in [0.15, 0.2) is 11.6 Å². The standard InChI is InChI=1S/C13H11F2N3O3/c1-2-6-5-16-18-11(6)17-12(19)7-3-9(14)10(15)4-8(7)13(20)21/h3-5H,2H2,1H3,(H,20,21)(H2,16,17,18,19). The van der Waals surface area contributed by atoms with E-state index in [1.807, 2.05) is 6.92 Å². The van der Waals surface area contributed by atoms with Crippen molar-refractivity contribution in [2.45, 2.75) is 13.3 Å². The minimum Gasteiger partial charge on any atom is -0.478 e.